The molecule has 1 saturated heterocycles. The molecule has 92 valence electrons. The van der Waals surface area contributed by atoms with E-state index in [0.717, 1.165) is 31.0 Å². The third-order valence-electron chi connectivity index (χ3n) is 3.58. The van der Waals surface area contributed by atoms with Crippen molar-refractivity contribution in [3.8, 4) is 0 Å². The third kappa shape index (κ3) is 2.22. The fraction of sp³-hybridized carbons (Fsp3) is 0.615. The molecule has 0 amide bonds. The lowest BCUT2D eigenvalue weighted by Gasteiger charge is -2.35. The molecule has 1 aliphatic carbocycles. The number of ether oxygens (including phenoxy) is 2. The Kier molecular flexibility index (Phi) is 2.89. The summed E-state index contributed by atoms with van der Waals surface area (Å²) >= 11 is 0. The molecular formula is C13H17NO3. The molecule has 3 rings (SSSR count). The van der Waals surface area contributed by atoms with Crippen LogP contribution in [0.1, 0.15) is 19.3 Å². The summed E-state index contributed by atoms with van der Waals surface area (Å²) in [6.45, 7) is 3.04. The smallest absolute Gasteiger partial charge is 0.156 e. The molecule has 0 aromatic heterocycles. The van der Waals surface area contributed by atoms with E-state index < -0.39 is 0 Å². The fourth-order valence-corrected chi connectivity index (χ4v) is 2.58. The Morgan fingerprint density at radius 2 is 1.94 bits per heavy atom. The summed E-state index contributed by atoms with van der Waals surface area (Å²) in [6.07, 6.45) is 6.43. The number of Topliss-reactive ketones (excluding diaryl/α,β-unsaturated/α-hetero) is 1. The van der Waals surface area contributed by atoms with Gasteiger partial charge in [0, 0.05) is 38.4 Å². The summed E-state index contributed by atoms with van der Waals surface area (Å²) in [6, 6.07) is 0.364. The van der Waals surface area contributed by atoms with Gasteiger partial charge >= 0.3 is 0 Å². The minimum Gasteiger partial charge on any atom is -0.490 e. The third-order valence-corrected chi connectivity index (χ3v) is 3.58. The van der Waals surface area contributed by atoms with Crippen molar-refractivity contribution in [3.05, 3.63) is 23.7 Å². The Bertz CT molecular complexity index is 376. The zero-order valence-electron chi connectivity index (χ0n) is 9.85. The van der Waals surface area contributed by atoms with E-state index in [1.165, 1.54) is 0 Å². The van der Waals surface area contributed by atoms with E-state index in [1.54, 1.807) is 0 Å². The summed E-state index contributed by atoms with van der Waals surface area (Å²) in [4.78, 5) is 13.6. The van der Waals surface area contributed by atoms with Crippen LogP contribution in [0.15, 0.2) is 23.7 Å². The lowest BCUT2D eigenvalue weighted by atomic mass is 10.0. The molecule has 2 heterocycles. The maximum absolute atomic E-state index is 11.2. The minimum atomic E-state index is 0.364. The van der Waals surface area contributed by atoms with Crippen LogP contribution in [-0.2, 0) is 14.3 Å². The molecule has 0 aromatic carbocycles. The Hall–Kier alpha value is -1.29. The molecule has 17 heavy (non-hydrogen) atoms. The van der Waals surface area contributed by atoms with Crippen LogP contribution in [-0.4, -0.2) is 43.0 Å². The van der Waals surface area contributed by atoms with Gasteiger partial charge in [-0.2, -0.15) is 0 Å². The Morgan fingerprint density at radius 3 is 2.76 bits per heavy atom. The molecule has 1 unspecified atom stereocenters. The zero-order valence-corrected chi connectivity index (χ0v) is 9.85. The average molecular weight is 235 g/mol. The van der Waals surface area contributed by atoms with Crippen molar-refractivity contribution in [2.75, 3.05) is 26.3 Å². The highest BCUT2D eigenvalue weighted by Gasteiger charge is 2.28. The lowest BCUT2D eigenvalue weighted by Crippen LogP contribution is -2.42. The quantitative estimate of drug-likeness (QED) is 0.685. The van der Waals surface area contributed by atoms with E-state index >= 15 is 0 Å². The van der Waals surface area contributed by atoms with E-state index in [4.69, 9.17) is 9.47 Å². The number of piperidine rings is 1. The van der Waals surface area contributed by atoms with Crippen LogP contribution in [0.5, 0.6) is 0 Å². The van der Waals surface area contributed by atoms with Gasteiger partial charge in [-0.3, -0.25) is 9.69 Å². The molecule has 1 atom stereocenters. The van der Waals surface area contributed by atoms with Gasteiger partial charge in [0.2, 0.25) is 0 Å². The van der Waals surface area contributed by atoms with Crippen LogP contribution in [0.25, 0.3) is 0 Å². The van der Waals surface area contributed by atoms with E-state index in [2.05, 4.69) is 11.0 Å². The van der Waals surface area contributed by atoms with Crippen molar-refractivity contribution in [2.24, 2.45) is 0 Å². The summed E-state index contributed by atoms with van der Waals surface area (Å²) in [5.41, 5.74) is 0. The van der Waals surface area contributed by atoms with E-state index in [-0.39, 0.29) is 0 Å². The number of nitrogens with zero attached hydrogens (tertiary/aromatic N) is 1. The molecular weight excluding hydrogens is 218 g/mol. The average Bonchev–Trinajstić information content (AvgIpc) is 2.39. The van der Waals surface area contributed by atoms with Gasteiger partial charge in [-0.25, -0.2) is 0 Å². The van der Waals surface area contributed by atoms with Crippen LogP contribution < -0.4 is 0 Å². The van der Waals surface area contributed by atoms with Gasteiger partial charge in [0.05, 0.1) is 0 Å². The molecule has 3 aliphatic rings. The molecule has 0 radical (unpaired) electrons. The molecule has 0 N–H and O–H groups in total. The van der Waals surface area contributed by atoms with Crippen LogP contribution in [0.4, 0.5) is 0 Å². The molecule has 0 bridgehead atoms. The van der Waals surface area contributed by atoms with Crippen molar-refractivity contribution in [3.63, 3.8) is 0 Å². The van der Waals surface area contributed by atoms with E-state index in [9.17, 15) is 4.79 Å². The van der Waals surface area contributed by atoms with Crippen LogP contribution >= 0.6 is 0 Å². The number of rotatable bonds is 1. The number of likely N-dealkylation sites (tertiary alicyclic amines) is 1. The standard InChI is InChI=1S/C13H17NO3/c15-11-3-5-14(6-4-11)10-1-2-12-13(9-10)17-8-7-16-12/h1-2,10H,3-9H2. The second-order valence-corrected chi connectivity index (χ2v) is 4.69. The second kappa shape index (κ2) is 4.53. The number of carbonyl (C=O) groups is 1. The molecule has 1 fully saturated rings. The lowest BCUT2D eigenvalue weighted by molar-refractivity contribution is -0.121. The zero-order chi connectivity index (χ0) is 11.7. The van der Waals surface area contributed by atoms with Crippen LogP contribution in [0, 0.1) is 0 Å². The Balaban J connectivity index is 1.66. The van der Waals surface area contributed by atoms with Crippen molar-refractivity contribution >= 4 is 5.78 Å². The minimum absolute atomic E-state index is 0.364. The van der Waals surface area contributed by atoms with E-state index in [1.807, 2.05) is 6.08 Å². The van der Waals surface area contributed by atoms with Gasteiger partial charge < -0.3 is 9.47 Å². The summed E-state index contributed by atoms with van der Waals surface area (Å²) < 4.78 is 11.2. The summed E-state index contributed by atoms with van der Waals surface area (Å²) in [7, 11) is 0. The first-order chi connectivity index (χ1) is 8.33. The molecule has 0 spiro atoms. The highest BCUT2D eigenvalue weighted by atomic mass is 16.6. The molecule has 0 aromatic rings. The second-order valence-electron chi connectivity index (χ2n) is 4.69. The van der Waals surface area contributed by atoms with Crippen molar-refractivity contribution in [2.45, 2.75) is 25.3 Å². The maximum atomic E-state index is 11.2. The van der Waals surface area contributed by atoms with Gasteiger partial charge in [0.1, 0.15) is 24.8 Å². The molecule has 2 aliphatic heterocycles. The van der Waals surface area contributed by atoms with Crippen LogP contribution in [0.2, 0.25) is 0 Å². The normalized spacial score (nSPS) is 29.6. The van der Waals surface area contributed by atoms with Crippen LogP contribution in [0.3, 0.4) is 0 Å². The highest BCUT2D eigenvalue weighted by molar-refractivity contribution is 5.79. The number of hydrogen-bond donors (Lipinski definition) is 0. The first kappa shape index (κ1) is 10.8. The number of hydrogen-bond acceptors (Lipinski definition) is 4. The Morgan fingerprint density at radius 1 is 1.18 bits per heavy atom. The van der Waals surface area contributed by atoms with Gasteiger partial charge in [0.25, 0.3) is 0 Å². The van der Waals surface area contributed by atoms with Crippen molar-refractivity contribution < 1.29 is 14.3 Å². The van der Waals surface area contributed by atoms with Crippen molar-refractivity contribution in [1.82, 2.24) is 4.90 Å². The first-order valence-corrected chi connectivity index (χ1v) is 6.25. The van der Waals surface area contributed by atoms with Gasteiger partial charge in [-0.1, -0.05) is 6.08 Å². The number of ketones is 1. The molecule has 4 nitrogen and oxygen atoms in total. The fourth-order valence-electron chi connectivity index (χ4n) is 2.58. The molecule has 4 heteroatoms. The highest BCUT2D eigenvalue weighted by Crippen LogP contribution is 2.27. The van der Waals surface area contributed by atoms with E-state index in [0.29, 0.717) is 37.9 Å². The van der Waals surface area contributed by atoms with Gasteiger partial charge in [-0.15, -0.1) is 0 Å². The first-order valence-electron chi connectivity index (χ1n) is 6.25. The largest absolute Gasteiger partial charge is 0.490 e. The topological polar surface area (TPSA) is 38.8 Å². The monoisotopic (exact) mass is 235 g/mol. The maximum Gasteiger partial charge on any atom is 0.156 e. The predicted molar refractivity (Wildman–Crippen MR) is 62.3 cm³/mol. The van der Waals surface area contributed by atoms with Gasteiger partial charge in [0.15, 0.2) is 5.76 Å². The number of carbonyl (C=O) groups excluding carboxylic acids is 1. The SMILES string of the molecule is O=C1CCN(C2C=CC3=C(C2)OCCO3)CC1. The Labute approximate surface area is 101 Å². The predicted octanol–water partition coefficient (Wildman–Crippen LogP) is 1.24. The number of allylic oxidation sites excluding steroid dienone is 1. The van der Waals surface area contributed by atoms with Gasteiger partial charge in [-0.05, 0) is 6.08 Å². The summed E-state index contributed by atoms with van der Waals surface area (Å²) in [5.74, 6) is 2.25. The van der Waals surface area contributed by atoms with Crippen molar-refractivity contribution in [1.29, 1.82) is 0 Å². The molecule has 0 saturated carbocycles. The summed E-state index contributed by atoms with van der Waals surface area (Å²) in [5, 5.41) is 0.